The summed E-state index contributed by atoms with van der Waals surface area (Å²) in [5.41, 5.74) is 2.87. The van der Waals surface area contributed by atoms with Crippen molar-refractivity contribution in [2.24, 2.45) is 4.99 Å². The van der Waals surface area contributed by atoms with E-state index in [4.69, 9.17) is 21.3 Å². The van der Waals surface area contributed by atoms with Gasteiger partial charge >= 0.3 is 0 Å². The normalized spacial score (nSPS) is 16.8. The highest BCUT2D eigenvalue weighted by Gasteiger charge is 2.30. The number of benzene rings is 2. The van der Waals surface area contributed by atoms with E-state index < -0.39 is 6.10 Å². The van der Waals surface area contributed by atoms with Crippen LogP contribution >= 0.6 is 23.4 Å². The molecular formula is C20H21ClN2O2S. The molecule has 1 heterocycles. The smallest absolute Gasteiger partial charge is 0.269 e. The molecule has 3 rings (SSSR count). The van der Waals surface area contributed by atoms with Crippen LogP contribution in [0.2, 0.25) is 5.02 Å². The van der Waals surface area contributed by atoms with Gasteiger partial charge in [0.25, 0.3) is 5.91 Å². The van der Waals surface area contributed by atoms with E-state index in [0.717, 1.165) is 27.7 Å². The van der Waals surface area contributed by atoms with Crippen LogP contribution < -0.4 is 4.74 Å². The van der Waals surface area contributed by atoms with Crippen molar-refractivity contribution in [2.45, 2.75) is 26.9 Å². The molecule has 0 spiro atoms. The van der Waals surface area contributed by atoms with E-state index in [1.165, 1.54) is 0 Å². The zero-order chi connectivity index (χ0) is 18.7. The van der Waals surface area contributed by atoms with Crippen LogP contribution in [0.5, 0.6) is 5.75 Å². The highest BCUT2D eigenvalue weighted by Crippen LogP contribution is 2.27. The van der Waals surface area contributed by atoms with Crippen LogP contribution in [-0.2, 0) is 4.79 Å². The maximum absolute atomic E-state index is 12.9. The lowest BCUT2D eigenvalue weighted by Gasteiger charge is -2.22. The van der Waals surface area contributed by atoms with Crippen molar-refractivity contribution in [2.75, 3.05) is 12.3 Å². The van der Waals surface area contributed by atoms with Crippen molar-refractivity contribution in [1.82, 2.24) is 4.90 Å². The molecule has 0 N–H and O–H groups in total. The average molecular weight is 389 g/mol. The van der Waals surface area contributed by atoms with E-state index >= 15 is 0 Å². The van der Waals surface area contributed by atoms with Gasteiger partial charge in [-0.1, -0.05) is 41.6 Å². The molecule has 136 valence electrons. The minimum atomic E-state index is -0.601. The number of carbonyl (C=O) groups is 1. The minimum absolute atomic E-state index is 0.0864. The Bertz CT molecular complexity index is 853. The van der Waals surface area contributed by atoms with E-state index in [2.05, 4.69) is 0 Å². The molecule has 1 aliphatic rings. The van der Waals surface area contributed by atoms with E-state index in [1.54, 1.807) is 35.7 Å². The summed E-state index contributed by atoms with van der Waals surface area (Å²) in [5, 5.41) is 1.38. The van der Waals surface area contributed by atoms with Gasteiger partial charge < -0.3 is 4.74 Å². The molecule has 0 aromatic heterocycles. The zero-order valence-corrected chi connectivity index (χ0v) is 16.6. The van der Waals surface area contributed by atoms with Crippen molar-refractivity contribution in [3.05, 3.63) is 58.6 Å². The summed E-state index contributed by atoms with van der Waals surface area (Å²) >= 11 is 7.57. The lowest BCUT2D eigenvalue weighted by Crippen LogP contribution is -2.41. The number of amides is 1. The molecule has 1 amide bonds. The Labute approximate surface area is 163 Å². The number of hydrogen-bond acceptors (Lipinski definition) is 4. The Kier molecular flexibility index (Phi) is 5.89. The van der Waals surface area contributed by atoms with Crippen LogP contribution in [-0.4, -0.2) is 34.4 Å². The van der Waals surface area contributed by atoms with Gasteiger partial charge in [0.1, 0.15) is 5.75 Å². The molecule has 2 aromatic carbocycles. The second-order valence-electron chi connectivity index (χ2n) is 6.19. The van der Waals surface area contributed by atoms with E-state index in [1.807, 2.05) is 44.2 Å². The lowest BCUT2D eigenvalue weighted by atomic mass is 10.2. The number of halogens is 1. The summed E-state index contributed by atoms with van der Waals surface area (Å²) in [6.45, 7) is 6.33. The largest absolute Gasteiger partial charge is 0.481 e. The number of ether oxygens (including phenoxy) is 1. The van der Waals surface area contributed by atoms with E-state index in [0.29, 0.717) is 17.3 Å². The summed E-state index contributed by atoms with van der Waals surface area (Å²) in [6.07, 6.45) is -0.601. The molecule has 1 unspecified atom stereocenters. The molecule has 1 saturated heterocycles. The highest BCUT2D eigenvalue weighted by atomic mass is 35.5. The molecular weight excluding hydrogens is 368 g/mol. The topological polar surface area (TPSA) is 41.9 Å². The Balaban J connectivity index is 1.76. The van der Waals surface area contributed by atoms with Crippen LogP contribution in [0.25, 0.3) is 0 Å². The predicted molar refractivity (Wildman–Crippen MR) is 109 cm³/mol. The Morgan fingerprint density at radius 2 is 2.00 bits per heavy atom. The first-order valence-corrected chi connectivity index (χ1v) is 9.83. The molecule has 0 bridgehead atoms. The number of rotatable bonds is 4. The number of aliphatic imine (C=N–C) groups is 1. The van der Waals surface area contributed by atoms with Gasteiger partial charge in [0.2, 0.25) is 0 Å². The van der Waals surface area contributed by atoms with Gasteiger partial charge in [-0.2, -0.15) is 0 Å². The fourth-order valence-corrected chi connectivity index (χ4v) is 3.88. The number of para-hydroxylation sites is 1. The number of aryl methyl sites for hydroxylation is 2. The van der Waals surface area contributed by atoms with E-state index in [9.17, 15) is 4.79 Å². The van der Waals surface area contributed by atoms with Gasteiger partial charge in [-0.3, -0.25) is 9.69 Å². The maximum atomic E-state index is 12.9. The summed E-state index contributed by atoms with van der Waals surface area (Å²) in [4.78, 5) is 19.3. The molecule has 1 fully saturated rings. The molecule has 1 aliphatic heterocycles. The molecule has 0 aliphatic carbocycles. The Morgan fingerprint density at radius 1 is 1.23 bits per heavy atom. The number of nitrogens with zero attached hydrogens (tertiary/aromatic N) is 2. The van der Waals surface area contributed by atoms with Gasteiger partial charge in [0.15, 0.2) is 11.3 Å². The van der Waals surface area contributed by atoms with Crippen LogP contribution in [0, 0.1) is 13.8 Å². The highest BCUT2D eigenvalue weighted by molar-refractivity contribution is 8.14. The first-order valence-electron chi connectivity index (χ1n) is 8.47. The van der Waals surface area contributed by atoms with Crippen LogP contribution in [0.1, 0.15) is 18.1 Å². The van der Waals surface area contributed by atoms with Gasteiger partial charge in [-0.15, -0.1) is 0 Å². The first kappa shape index (κ1) is 18.8. The number of hydrogen-bond donors (Lipinski definition) is 0. The van der Waals surface area contributed by atoms with Crippen molar-refractivity contribution in [3.8, 4) is 5.75 Å². The average Bonchev–Trinajstić information content (AvgIpc) is 3.07. The second kappa shape index (κ2) is 8.14. The molecule has 0 radical (unpaired) electrons. The van der Waals surface area contributed by atoms with Crippen molar-refractivity contribution < 1.29 is 9.53 Å². The third kappa shape index (κ3) is 4.22. The molecule has 6 heteroatoms. The number of carbonyl (C=O) groups excluding carboxylic acids is 1. The molecule has 1 atom stereocenters. The molecule has 2 aromatic rings. The van der Waals surface area contributed by atoms with Gasteiger partial charge in [0.05, 0.1) is 5.69 Å². The first-order chi connectivity index (χ1) is 12.5. The van der Waals surface area contributed by atoms with Gasteiger partial charge in [-0.25, -0.2) is 4.99 Å². The number of amidine groups is 1. The molecule has 0 saturated carbocycles. The van der Waals surface area contributed by atoms with E-state index in [-0.39, 0.29) is 5.91 Å². The SMILES string of the molecule is Cc1ccccc1N=C1SCCN1C(=O)C(C)Oc1ccc(Cl)cc1C. The predicted octanol–water partition coefficient (Wildman–Crippen LogP) is 4.99. The standard InChI is InChI=1S/C20H21ClN2O2S/c1-13-6-4-5-7-17(13)22-20-23(10-11-26-20)19(24)15(3)25-18-9-8-16(21)12-14(18)2/h4-9,12,15H,10-11H2,1-3H3. The summed E-state index contributed by atoms with van der Waals surface area (Å²) in [7, 11) is 0. The Morgan fingerprint density at radius 3 is 2.73 bits per heavy atom. The van der Waals surface area contributed by atoms with Crippen LogP contribution in [0.3, 0.4) is 0 Å². The molecule has 26 heavy (non-hydrogen) atoms. The van der Waals surface area contributed by atoms with Crippen LogP contribution in [0.15, 0.2) is 47.5 Å². The third-order valence-corrected chi connectivity index (χ3v) is 5.35. The fourth-order valence-electron chi connectivity index (χ4n) is 2.70. The maximum Gasteiger partial charge on any atom is 0.269 e. The quantitative estimate of drug-likeness (QED) is 0.741. The third-order valence-electron chi connectivity index (χ3n) is 4.16. The van der Waals surface area contributed by atoms with Crippen molar-refractivity contribution >= 4 is 40.1 Å². The van der Waals surface area contributed by atoms with Crippen molar-refractivity contribution in [3.63, 3.8) is 0 Å². The summed E-state index contributed by atoms with van der Waals surface area (Å²) < 4.78 is 5.88. The Hall–Kier alpha value is -1.98. The fraction of sp³-hybridized carbons (Fsp3) is 0.300. The van der Waals surface area contributed by atoms with Crippen LogP contribution in [0.4, 0.5) is 5.69 Å². The second-order valence-corrected chi connectivity index (χ2v) is 7.69. The van der Waals surface area contributed by atoms with Gasteiger partial charge in [-0.05, 0) is 56.2 Å². The monoisotopic (exact) mass is 388 g/mol. The zero-order valence-electron chi connectivity index (χ0n) is 15.0. The number of thioether (sulfide) groups is 1. The summed E-state index contributed by atoms with van der Waals surface area (Å²) in [5.74, 6) is 1.42. The molecule has 4 nitrogen and oxygen atoms in total. The minimum Gasteiger partial charge on any atom is -0.481 e. The lowest BCUT2D eigenvalue weighted by molar-refractivity contribution is -0.133. The summed E-state index contributed by atoms with van der Waals surface area (Å²) in [6, 6.07) is 13.3. The van der Waals surface area contributed by atoms with Crippen molar-refractivity contribution in [1.29, 1.82) is 0 Å². The van der Waals surface area contributed by atoms with Gasteiger partial charge in [0, 0.05) is 17.3 Å².